The van der Waals surface area contributed by atoms with E-state index in [2.05, 4.69) is 14.9 Å². The van der Waals surface area contributed by atoms with Crippen molar-refractivity contribution in [3.05, 3.63) is 46.1 Å². The summed E-state index contributed by atoms with van der Waals surface area (Å²) in [5.74, 6) is 0.544. The summed E-state index contributed by atoms with van der Waals surface area (Å²) in [5.41, 5.74) is 2.89. The first-order valence-corrected chi connectivity index (χ1v) is 9.73. The van der Waals surface area contributed by atoms with Crippen LogP contribution in [0.3, 0.4) is 0 Å². The molecule has 3 rings (SSSR count). The van der Waals surface area contributed by atoms with Crippen molar-refractivity contribution in [1.82, 2.24) is 14.8 Å². The number of hydrogen-bond acceptors (Lipinski definition) is 5. The Bertz CT molecular complexity index is 1100. The van der Waals surface area contributed by atoms with Crippen LogP contribution in [0.15, 0.2) is 27.5 Å². The van der Waals surface area contributed by atoms with Crippen LogP contribution < -0.4 is 4.72 Å². The number of aryl methyl sites for hydroxylation is 2. The first kappa shape index (κ1) is 18.5. The van der Waals surface area contributed by atoms with Crippen molar-refractivity contribution in [2.45, 2.75) is 32.6 Å². The maximum atomic E-state index is 13.2. The van der Waals surface area contributed by atoms with Gasteiger partial charge in [0, 0.05) is 30.4 Å². The van der Waals surface area contributed by atoms with Crippen molar-refractivity contribution in [1.29, 1.82) is 0 Å². The van der Waals surface area contributed by atoms with Gasteiger partial charge in [0.2, 0.25) is 5.89 Å². The van der Waals surface area contributed by atoms with E-state index in [9.17, 15) is 8.42 Å². The predicted octanol–water partition coefficient (Wildman–Crippen LogP) is 3.76. The van der Waals surface area contributed by atoms with Crippen molar-refractivity contribution in [2.24, 2.45) is 7.05 Å². The summed E-state index contributed by atoms with van der Waals surface area (Å²) in [6.45, 7) is 7.00. The molecule has 2 heterocycles. The van der Waals surface area contributed by atoms with Gasteiger partial charge in [-0.25, -0.2) is 8.42 Å². The van der Waals surface area contributed by atoms with Gasteiger partial charge < -0.3 is 8.98 Å². The molecular weight excluding hydrogens is 376 g/mol. The van der Waals surface area contributed by atoms with Gasteiger partial charge in [-0.2, -0.15) is 0 Å². The highest BCUT2D eigenvalue weighted by atomic mass is 35.5. The lowest BCUT2D eigenvalue weighted by Crippen LogP contribution is -2.15. The molecule has 0 saturated heterocycles. The van der Waals surface area contributed by atoms with Gasteiger partial charge in [-0.3, -0.25) is 4.72 Å². The third kappa shape index (κ3) is 3.10. The smallest absolute Gasteiger partial charge is 0.264 e. The first-order chi connectivity index (χ1) is 12.1. The molecule has 0 aliphatic heterocycles. The second kappa shape index (κ2) is 6.44. The lowest BCUT2D eigenvalue weighted by atomic mass is 10.2. The number of halogens is 1. The van der Waals surface area contributed by atoms with Gasteiger partial charge in [-0.15, -0.1) is 10.2 Å². The van der Waals surface area contributed by atoms with Gasteiger partial charge in [0.25, 0.3) is 15.9 Å². The van der Waals surface area contributed by atoms with E-state index >= 15 is 0 Å². The van der Waals surface area contributed by atoms with Crippen LogP contribution in [0.25, 0.3) is 11.5 Å². The van der Waals surface area contributed by atoms with Crippen LogP contribution in [-0.2, 0) is 17.1 Å². The minimum Gasteiger partial charge on any atom is -0.421 e. The Morgan fingerprint density at radius 3 is 2.38 bits per heavy atom. The Balaban J connectivity index is 2.17. The zero-order valence-corrected chi connectivity index (χ0v) is 16.7. The molecule has 7 nitrogen and oxygen atoms in total. The second-order valence-corrected chi connectivity index (χ2v) is 8.18. The van der Waals surface area contributed by atoms with E-state index in [4.69, 9.17) is 16.0 Å². The van der Waals surface area contributed by atoms with Crippen LogP contribution in [0.2, 0.25) is 5.02 Å². The highest BCUT2D eigenvalue weighted by Crippen LogP contribution is 2.35. The van der Waals surface area contributed by atoms with Crippen molar-refractivity contribution >= 4 is 27.3 Å². The number of nitrogens with zero attached hydrogens (tertiary/aromatic N) is 3. The average molecular weight is 395 g/mol. The van der Waals surface area contributed by atoms with Gasteiger partial charge in [0.1, 0.15) is 4.90 Å². The molecule has 0 unspecified atom stereocenters. The van der Waals surface area contributed by atoms with E-state index in [-0.39, 0.29) is 10.8 Å². The van der Waals surface area contributed by atoms with Crippen molar-refractivity contribution in [2.75, 3.05) is 4.72 Å². The van der Waals surface area contributed by atoms with E-state index in [1.807, 2.05) is 6.92 Å². The maximum Gasteiger partial charge on any atom is 0.264 e. The van der Waals surface area contributed by atoms with Crippen LogP contribution >= 0.6 is 11.6 Å². The standard InChI is InChI=1S/C17H19ClN4O3S/c1-9-8-13(18)6-7-14(9)21-26(23,24)16-11(3)22(5)10(2)15(16)17-20-19-12(4)25-17/h6-8,21H,1-5H3. The highest BCUT2D eigenvalue weighted by molar-refractivity contribution is 7.93. The number of benzene rings is 1. The summed E-state index contributed by atoms with van der Waals surface area (Å²) in [6, 6.07) is 4.97. The summed E-state index contributed by atoms with van der Waals surface area (Å²) in [7, 11) is -2.10. The molecule has 0 radical (unpaired) electrons. The molecular formula is C17H19ClN4O3S. The van der Waals surface area contributed by atoms with Crippen LogP contribution in [0.5, 0.6) is 0 Å². The first-order valence-electron chi connectivity index (χ1n) is 7.87. The normalized spacial score (nSPS) is 11.8. The molecule has 0 atom stereocenters. The predicted molar refractivity (Wildman–Crippen MR) is 99.9 cm³/mol. The van der Waals surface area contributed by atoms with E-state index in [0.29, 0.717) is 27.9 Å². The molecule has 0 aliphatic rings. The zero-order chi connectivity index (χ0) is 19.2. The van der Waals surface area contributed by atoms with Crippen LogP contribution in [0.1, 0.15) is 22.8 Å². The Morgan fingerprint density at radius 2 is 1.81 bits per heavy atom. The topological polar surface area (TPSA) is 90.0 Å². The van der Waals surface area contributed by atoms with Crippen molar-refractivity contribution < 1.29 is 12.8 Å². The van der Waals surface area contributed by atoms with E-state index in [0.717, 1.165) is 11.3 Å². The van der Waals surface area contributed by atoms with E-state index in [1.54, 1.807) is 50.6 Å². The molecule has 2 aromatic heterocycles. The third-order valence-electron chi connectivity index (χ3n) is 4.37. The lowest BCUT2D eigenvalue weighted by Gasteiger charge is -2.12. The van der Waals surface area contributed by atoms with Crippen molar-refractivity contribution in [3.63, 3.8) is 0 Å². The molecule has 0 amide bonds. The molecule has 0 aliphatic carbocycles. The molecule has 0 spiro atoms. The zero-order valence-electron chi connectivity index (χ0n) is 15.1. The Labute approximate surface area is 157 Å². The van der Waals surface area contributed by atoms with E-state index < -0.39 is 10.0 Å². The number of sulfonamides is 1. The molecule has 9 heteroatoms. The number of rotatable bonds is 4. The minimum atomic E-state index is -3.89. The Kier molecular flexibility index (Phi) is 4.58. The van der Waals surface area contributed by atoms with E-state index in [1.165, 1.54) is 0 Å². The Morgan fingerprint density at radius 1 is 1.12 bits per heavy atom. The molecule has 0 bridgehead atoms. The van der Waals surface area contributed by atoms with Gasteiger partial charge in [0.05, 0.1) is 11.3 Å². The number of aromatic nitrogens is 3. The number of anilines is 1. The second-order valence-electron chi connectivity index (χ2n) is 6.12. The van der Waals surface area contributed by atoms with Crippen molar-refractivity contribution in [3.8, 4) is 11.5 Å². The van der Waals surface area contributed by atoms with Crippen LogP contribution in [0.4, 0.5) is 5.69 Å². The molecule has 1 aromatic carbocycles. The average Bonchev–Trinajstić information content (AvgIpc) is 3.07. The SMILES string of the molecule is Cc1nnc(-c2c(S(=O)(=O)Nc3ccc(Cl)cc3C)c(C)n(C)c2C)o1. The van der Waals surface area contributed by atoms with Crippen LogP contribution in [0, 0.1) is 27.7 Å². The largest absolute Gasteiger partial charge is 0.421 e. The monoisotopic (exact) mass is 394 g/mol. The summed E-state index contributed by atoms with van der Waals surface area (Å²) >= 11 is 5.95. The third-order valence-corrected chi connectivity index (χ3v) is 6.13. The lowest BCUT2D eigenvalue weighted by molar-refractivity contribution is 0.530. The van der Waals surface area contributed by atoms with Gasteiger partial charge in [0.15, 0.2) is 0 Å². The number of hydrogen-bond donors (Lipinski definition) is 1. The molecule has 0 fully saturated rings. The fourth-order valence-corrected chi connectivity index (χ4v) is 4.71. The fraction of sp³-hybridized carbons (Fsp3) is 0.294. The maximum absolute atomic E-state index is 13.2. The molecule has 26 heavy (non-hydrogen) atoms. The molecule has 3 aromatic rings. The summed E-state index contributed by atoms with van der Waals surface area (Å²) in [6.07, 6.45) is 0. The molecule has 138 valence electrons. The quantitative estimate of drug-likeness (QED) is 0.727. The Hall–Kier alpha value is -2.32. The highest BCUT2D eigenvalue weighted by Gasteiger charge is 2.30. The van der Waals surface area contributed by atoms with Gasteiger partial charge in [-0.1, -0.05) is 11.6 Å². The summed E-state index contributed by atoms with van der Waals surface area (Å²) in [4.78, 5) is 0.121. The summed E-state index contributed by atoms with van der Waals surface area (Å²) < 4.78 is 36.3. The van der Waals surface area contributed by atoms with Gasteiger partial charge >= 0.3 is 0 Å². The number of nitrogens with one attached hydrogen (secondary N) is 1. The fourth-order valence-electron chi connectivity index (χ4n) is 2.83. The van der Waals surface area contributed by atoms with Gasteiger partial charge in [-0.05, 0) is 44.5 Å². The summed E-state index contributed by atoms with van der Waals surface area (Å²) in [5, 5.41) is 8.36. The minimum absolute atomic E-state index is 0.121. The molecule has 0 saturated carbocycles. The molecule has 1 N–H and O–H groups in total. The van der Waals surface area contributed by atoms with Crippen LogP contribution in [-0.4, -0.2) is 23.2 Å².